The lowest BCUT2D eigenvalue weighted by atomic mass is 10.0. The van der Waals surface area contributed by atoms with E-state index in [2.05, 4.69) is 31.0 Å². The van der Waals surface area contributed by atoms with Gasteiger partial charge in [0.05, 0.1) is 13.2 Å². The molecule has 1 aliphatic rings. The van der Waals surface area contributed by atoms with Gasteiger partial charge in [0.2, 0.25) is 0 Å². The second kappa shape index (κ2) is 5.69. The summed E-state index contributed by atoms with van der Waals surface area (Å²) in [5.41, 5.74) is 0.214. The molecule has 0 radical (unpaired) electrons. The van der Waals surface area contributed by atoms with Gasteiger partial charge in [-0.05, 0) is 26.8 Å². The van der Waals surface area contributed by atoms with Crippen LogP contribution >= 0.6 is 0 Å². The van der Waals surface area contributed by atoms with Gasteiger partial charge in [-0.3, -0.25) is 4.90 Å². The van der Waals surface area contributed by atoms with Crippen LogP contribution in [0.4, 0.5) is 0 Å². The SMILES string of the molecule is CCCNCCN1CCOCC1(C)C. The summed E-state index contributed by atoms with van der Waals surface area (Å²) in [4.78, 5) is 2.51. The fourth-order valence-electron chi connectivity index (χ4n) is 1.82. The average Bonchev–Trinajstić information content (AvgIpc) is 2.14. The number of nitrogens with zero attached hydrogens (tertiary/aromatic N) is 1. The Morgan fingerprint density at radius 3 is 2.79 bits per heavy atom. The van der Waals surface area contributed by atoms with Crippen molar-refractivity contribution in [2.24, 2.45) is 0 Å². The molecular weight excluding hydrogens is 176 g/mol. The number of nitrogens with one attached hydrogen (secondary N) is 1. The average molecular weight is 200 g/mol. The summed E-state index contributed by atoms with van der Waals surface area (Å²) in [6.45, 7) is 12.9. The zero-order valence-corrected chi connectivity index (χ0v) is 9.81. The van der Waals surface area contributed by atoms with E-state index in [1.807, 2.05) is 0 Å². The van der Waals surface area contributed by atoms with Crippen LogP contribution in [0.15, 0.2) is 0 Å². The Morgan fingerprint density at radius 2 is 2.14 bits per heavy atom. The van der Waals surface area contributed by atoms with Gasteiger partial charge < -0.3 is 10.1 Å². The molecule has 1 heterocycles. The second-order valence-electron chi connectivity index (χ2n) is 4.60. The standard InChI is InChI=1S/C11H24N2O/c1-4-5-12-6-7-13-8-9-14-10-11(13,2)3/h12H,4-10H2,1-3H3. The van der Waals surface area contributed by atoms with Crippen molar-refractivity contribution >= 4 is 0 Å². The Morgan fingerprint density at radius 1 is 1.36 bits per heavy atom. The van der Waals surface area contributed by atoms with Gasteiger partial charge in [-0.2, -0.15) is 0 Å². The highest BCUT2D eigenvalue weighted by Gasteiger charge is 2.29. The van der Waals surface area contributed by atoms with Crippen LogP contribution in [-0.2, 0) is 4.74 Å². The highest BCUT2D eigenvalue weighted by atomic mass is 16.5. The molecule has 3 nitrogen and oxygen atoms in total. The first-order valence-electron chi connectivity index (χ1n) is 5.70. The normalized spacial score (nSPS) is 22.5. The van der Waals surface area contributed by atoms with Crippen molar-refractivity contribution in [3.63, 3.8) is 0 Å². The molecule has 1 rings (SSSR count). The van der Waals surface area contributed by atoms with Crippen LogP contribution in [0, 0.1) is 0 Å². The third-order valence-electron chi connectivity index (χ3n) is 2.80. The summed E-state index contributed by atoms with van der Waals surface area (Å²) in [5.74, 6) is 0. The van der Waals surface area contributed by atoms with Crippen LogP contribution in [0.1, 0.15) is 27.2 Å². The van der Waals surface area contributed by atoms with Crippen LogP contribution in [0.5, 0.6) is 0 Å². The monoisotopic (exact) mass is 200 g/mol. The predicted octanol–water partition coefficient (Wildman–Crippen LogP) is 1.10. The van der Waals surface area contributed by atoms with Gasteiger partial charge in [0, 0.05) is 25.2 Å². The van der Waals surface area contributed by atoms with Gasteiger partial charge in [-0.25, -0.2) is 0 Å². The summed E-state index contributed by atoms with van der Waals surface area (Å²) in [6.07, 6.45) is 1.21. The highest BCUT2D eigenvalue weighted by Crippen LogP contribution is 2.17. The number of hydrogen-bond acceptors (Lipinski definition) is 3. The summed E-state index contributed by atoms with van der Waals surface area (Å²) in [6, 6.07) is 0. The molecule has 0 unspecified atom stereocenters. The van der Waals surface area contributed by atoms with E-state index in [0.29, 0.717) is 0 Å². The first kappa shape index (κ1) is 12.0. The van der Waals surface area contributed by atoms with Gasteiger partial charge in [-0.15, -0.1) is 0 Å². The number of ether oxygens (including phenoxy) is 1. The van der Waals surface area contributed by atoms with Crippen molar-refractivity contribution < 1.29 is 4.74 Å². The van der Waals surface area contributed by atoms with E-state index >= 15 is 0 Å². The summed E-state index contributed by atoms with van der Waals surface area (Å²) >= 11 is 0. The summed E-state index contributed by atoms with van der Waals surface area (Å²) in [5, 5.41) is 3.44. The van der Waals surface area contributed by atoms with Crippen LogP contribution < -0.4 is 5.32 Å². The summed E-state index contributed by atoms with van der Waals surface area (Å²) in [7, 11) is 0. The van der Waals surface area contributed by atoms with Crippen molar-refractivity contribution in [2.45, 2.75) is 32.7 Å². The Kier molecular flexibility index (Phi) is 4.85. The van der Waals surface area contributed by atoms with E-state index in [9.17, 15) is 0 Å². The van der Waals surface area contributed by atoms with E-state index in [1.165, 1.54) is 6.42 Å². The first-order valence-corrected chi connectivity index (χ1v) is 5.70. The Balaban J connectivity index is 2.20. The lowest BCUT2D eigenvalue weighted by molar-refractivity contribution is -0.0500. The van der Waals surface area contributed by atoms with E-state index in [1.54, 1.807) is 0 Å². The zero-order chi connectivity index (χ0) is 10.4. The van der Waals surface area contributed by atoms with Crippen molar-refractivity contribution in [1.82, 2.24) is 10.2 Å². The maximum absolute atomic E-state index is 5.48. The molecular formula is C11H24N2O. The van der Waals surface area contributed by atoms with Crippen LogP contribution in [0.2, 0.25) is 0 Å². The minimum absolute atomic E-state index is 0.214. The van der Waals surface area contributed by atoms with Gasteiger partial charge in [0.25, 0.3) is 0 Å². The van der Waals surface area contributed by atoms with Crippen LogP contribution in [0.3, 0.4) is 0 Å². The fourth-order valence-corrected chi connectivity index (χ4v) is 1.82. The minimum atomic E-state index is 0.214. The first-order chi connectivity index (χ1) is 6.67. The largest absolute Gasteiger partial charge is 0.378 e. The van der Waals surface area contributed by atoms with E-state index in [4.69, 9.17) is 4.74 Å². The molecule has 14 heavy (non-hydrogen) atoms. The molecule has 84 valence electrons. The number of morpholine rings is 1. The molecule has 0 amide bonds. The molecule has 0 atom stereocenters. The molecule has 1 saturated heterocycles. The van der Waals surface area contributed by atoms with Crippen molar-refractivity contribution in [3.8, 4) is 0 Å². The third kappa shape index (κ3) is 3.56. The molecule has 3 heteroatoms. The second-order valence-corrected chi connectivity index (χ2v) is 4.60. The van der Waals surface area contributed by atoms with Gasteiger partial charge >= 0.3 is 0 Å². The van der Waals surface area contributed by atoms with Gasteiger partial charge in [0.1, 0.15) is 0 Å². The molecule has 0 saturated carbocycles. The lowest BCUT2D eigenvalue weighted by Crippen LogP contribution is -2.54. The molecule has 1 fully saturated rings. The molecule has 0 spiro atoms. The van der Waals surface area contributed by atoms with Gasteiger partial charge in [0.15, 0.2) is 0 Å². The maximum atomic E-state index is 5.48. The lowest BCUT2D eigenvalue weighted by Gasteiger charge is -2.42. The molecule has 1 aliphatic heterocycles. The quantitative estimate of drug-likeness (QED) is 0.673. The molecule has 0 aliphatic carbocycles. The Labute approximate surface area is 87.8 Å². The van der Waals surface area contributed by atoms with E-state index in [0.717, 1.165) is 39.4 Å². The summed E-state index contributed by atoms with van der Waals surface area (Å²) < 4.78 is 5.48. The van der Waals surface area contributed by atoms with Crippen LogP contribution in [-0.4, -0.2) is 49.8 Å². The Bertz CT molecular complexity index is 159. The molecule has 0 aromatic carbocycles. The topological polar surface area (TPSA) is 24.5 Å². The maximum Gasteiger partial charge on any atom is 0.0645 e. The minimum Gasteiger partial charge on any atom is -0.378 e. The van der Waals surface area contributed by atoms with Crippen molar-refractivity contribution in [2.75, 3.05) is 39.4 Å². The number of hydrogen-bond donors (Lipinski definition) is 1. The molecule has 1 N–H and O–H groups in total. The number of rotatable bonds is 5. The van der Waals surface area contributed by atoms with Gasteiger partial charge in [-0.1, -0.05) is 6.92 Å². The van der Waals surface area contributed by atoms with E-state index in [-0.39, 0.29) is 5.54 Å². The molecule has 0 bridgehead atoms. The van der Waals surface area contributed by atoms with Crippen molar-refractivity contribution in [1.29, 1.82) is 0 Å². The third-order valence-corrected chi connectivity index (χ3v) is 2.80. The smallest absolute Gasteiger partial charge is 0.0645 e. The zero-order valence-electron chi connectivity index (χ0n) is 9.81. The highest BCUT2D eigenvalue weighted by molar-refractivity contribution is 4.84. The molecule has 0 aromatic rings. The van der Waals surface area contributed by atoms with Crippen LogP contribution in [0.25, 0.3) is 0 Å². The predicted molar refractivity (Wildman–Crippen MR) is 59.6 cm³/mol. The fraction of sp³-hybridized carbons (Fsp3) is 1.00. The van der Waals surface area contributed by atoms with Crippen molar-refractivity contribution in [3.05, 3.63) is 0 Å². The molecule has 0 aromatic heterocycles. The Hall–Kier alpha value is -0.120. The van der Waals surface area contributed by atoms with E-state index < -0.39 is 0 Å².